The van der Waals surface area contributed by atoms with Gasteiger partial charge in [-0.25, -0.2) is 17.5 Å². The van der Waals surface area contributed by atoms with Crippen LogP contribution in [0.15, 0.2) is 57.9 Å². The summed E-state index contributed by atoms with van der Waals surface area (Å²) >= 11 is 3.35. The second-order valence-corrected chi connectivity index (χ2v) is 7.44. The molecule has 0 fully saturated rings. The third kappa shape index (κ3) is 4.62. The number of rotatable bonds is 5. The van der Waals surface area contributed by atoms with Crippen molar-refractivity contribution in [3.05, 3.63) is 64.4 Å². The Bertz CT molecular complexity index is 699. The summed E-state index contributed by atoms with van der Waals surface area (Å²) in [5.41, 5.74) is 1.03. The minimum absolute atomic E-state index is 0.0616. The molecule has 112 valence electrons. The molecule has 21 heavy (non-hydrogen) atoms. The Balaban J connectivity index is 2.05. The smallest absolute Gasteiger partial charge is 0.208 e. The van der Waals surface area contributed by atoms with E-state index >= 15 is 0 Å². The van der Waals surface area contributed by atoms with Crippen molar-refractivity contribution in [2.45, 2.75) is 24.3 Å². The highest BCUT2D eigenvalue weighted by Crippen LogP contribution is 2.14. The van der Waals surface area contributed by atoms with Crippen LogP contribution in [0, 0.1) is 5.82 Å². The van der Waals surface area contributed by atoms with Crippen molar-refractivity contribution in [2.24, 2.45) is 0 Å². The second kappa shape index (κ2) is 6.68. The predicted octanol–water partition coefficient (Wildman–Crippen LogP) is 3.50. The molecule has 1 N–H and O–H groups in total. The average Bonchev–Trinajstić information content (AvgIpc) is 2.41. The molecule has 0 radical (unpaired) electrons. The van der Waals surface area contributed by atoms with Gasteiger partial charge < -0.3 is 0 Å². The van der Waals surface area contributed by atoms with E-state index in [9.17, 15) is 12.8 Å². The monoisotopic (exact) mass is 371 g/mol. The standard InChI is InChI=1S/C15H15BrFNO2S/c1-11(10-12-2-4-13(16)5-3-12)18-21(19,20)15-8-6-14(17)7-9-15/h2-9,11,18H,10H2,1H3. The van der Waals surface area contributed by atoms with Crippen molar-refractivity contribution < 1.29 is 12.8 Å². The first kappa shape index (κ1) is 16.1. The van der Waals surface area contributed by atoms with Gasteiger partial charge in [0.05, 0.1) is 4.90 Å². The van der Waals surface area contributed by atoms with Gasteiger partial charge in [-0.3, -0.25) is 0 Å². The molecule has 0 aliphatic heterocycles. The van der Waals surface area contributed by atoms with E-state index in [-0.39, 0.29) is 10.9 Å². The molecule has 0 amide bonds. The maximum Gasteiger partial charge on any atom is 0.240 e. The van der Waals surface area contributed by atoms with E-state index < -0.39 is 15.8 Å². The van der Waals surface area contributed by atoms with E-state index in [1.165, 1.54) is 12.1 Å². The fourth-order valence-corrected chi connectivity index (χ4v) is 3.47. The normalized spacial score (nSPS) is 13.1. The summed E-state index contributed by atoms with van der Waals surface area (Å²) in [6.07, 6.45) is 0.577. The van der Waals surface area contributed by atoms with Crippen LogP contribution in [-0.2, 0) is 16.4 Å². The number of hydrogen-bond acceptors (Lipinski definition) is 2. The minimum atomic E-state index is -3.63. The van der Waals surface area contributed by atoms with Gasteiger partial charge in [-0.1, -0.05) is 28.1 Å². The molecule has 0 saturated carbocycles. The molecule has 2 aromatic carbocycles. The van der Waals surface area contributed by atoms with E-state index in [0.29, 0.717) is 6.42 Å². The van der Waals surface area contributed by atoms with Crippen LogP contribution < -0.4 is 4.72 Å². The summed E-state index contributed by atoms with van der Waals surface area (Å²) in [7, 11) is -3.63. The lowest BCUT2D eigenvalue weighted by molar-refractivity contribution is 0.559. The van der Waals surface area contributed by atoms with Gasteiger partial charge in [0, 0.05) is 10.5 Å². The van der Waals surface area contributed by atoms with Crippen LogP contribution in [0.5, 0.6) is 0 Å². The third-order valence-electron chi connectivity index (χ3n) is 2.94. The van der Waals surface area contributed by atoms with Crippen molar-refractivity contribution in [1.82, 2.24) is 4.72 Å². The van der Waals surface area contributed by atoms with Crippen molar-refractivity contribution in [1.29, 1.82) is 0 Å². The number of nitrogens with one attached hydrogen (secondary N) is 1. The fourth-order valence-electron chi connectivity index (χ4n) is 1.96. The number of hydrogen-bond donors (Lipinski definition) is 1. The Morgan fingerprint density at radius 2 is 1.67 bits per heavy atom. The zero-order valence-electron chi connectivity index (χ0n) is 11.4. The SMILES string of the molecule is CC(Cc1ccc(Br)cc1)NS(=O)(=O)c1ccc(F)cc1. The third-order valence-corrected chi connectivity index (χ3v) is 5.07. The lowest BCUT2D eigenvalue weighted by atomic mass is 10.1. The number of benzene rings is 2. The predicted molar refractivity (Wildman–Crippen MR) is 84.0 cm³/mol. The first-order valence-corrected chi connectivity index (χ1v) is 8.67. The van der Waals surface area contributed by atoms with Crippen LogP contribution in [-0.4, -0.2) is 14.5 Å². The van der Waals surface area contributed by atoms with Crippen LogP contribution in [0.25, 0.3) is 0 Å². The van der Waals surface area contributed by atoms with E-state index in [0.717, 1.165) is 22.2 Å². The highest BCUT2D eigenvalue weighted by atomic mass is 79.9. The van der Waals surface area contributed by atoms with E-state index in [2.05, 4.69) is 20.7 Å². The molecule has 0 aliphatic rings. The molecule has 0 aromatic heterocycles. The second-order valence-electron chi connectivity index (χ2n) is 4.81. The molecular formula is C15H15BrFNO2S. The molecule has 0 saturated heterocycles. The van der Waals surface area contributed by atoms with Crippen LogP contribution >= 0.6 is 15.9 Å². The lowest BCUT2D eigenvalue weighted by Crippen LogP contribution is -2.34. The van der Waals surface area contributed by atoms with Crippen molar-refractivity contribution in [3.8, 4) is 0 Å². The summed E-state index contributed by atoms with van der Waals surface area (Å²) in [5.74, 6) is -0.461. The molecule has 3 nitrogen and oxygen atoms in total. The maximum atomic E-state index is 12.8. The van der Waals surface area contributed by atoms with Crippen LogP contribution in [0.4, 0.5) is 4.39 Å². The highest BCUT2D eigenvalue weighted by Gasteiger charge is 2.17. The van der Waals surface area contributed by atoms with E-state index in [4.69, 9.17) is 0 Å². The number of halogens is 2. The summed E-state index contributed by atoms with van der Waals surface area (Å²) in [4.78, 5) is 0.0616. The summed E-state index contributed by atoms with van der Waals surface area (Å²) < 4.78 is 40.7. The summed E-state index contributed by atoms with van der Waals surface area (Å²) in [6.45, 7) is 1.79. The quantitative estimate of drug-likeness (QED) is 0.873. The number of sulfonamides is 1. The molecular weight excluding hydrogens is 357 g/mol. The van der Waals surface area contributed by atoms with Crippen LogP contribution in [0.3, 0.4) is 0 Å². The van der Waals surface area contributed by atoms with Gasteiger partial charge in [-0.15, -0.1) is 0 Å². The lowest BCUT2D eigenvalue weighted by Gasteiger charge is -2.14. The molecule has 2 aromatic rings. The van der Waals surface area contributed by atoms with Crippen LogP contribution in [0.1, 0.15) is 12.5 Å². The largest absolute Gasteiger partial charge is 0.240 e. The first-order chi connectivity index (χ1) is 9.87. The Kier molecular flexibility index (Phi) is 5.13. The van der Waals surface area contributed by atoms with Gasteiger partial charge in [0.15, 0.2) is 0 Å². The van der Waals surface area contributed by atoms with Gasteiger partial charge in [-0.2, -0.15) is 0 Å². The minimum Gasteiger partial charge on any atom is -0.208 e. The van der Waals surface area contributed by atoms with Gasteiger partial charge >= 0.3 is 0 Å². The Morgan fingerprint density at radius 3 is 2.24 bits per heavy atom. The zero-order chi connectivity index (χ0) is 15.5. The summed E-state index contributed by atoms with van der Waals surface area (Å²) in [5, 5.41) is 0. The Labute approximate surface area is 132 Å². The van der Waals surface area contributed by atoms with Crippen molar-refractivity contribution in [3.63, 3.8) is 0 Å². The summed E-state index contributed by atoms with van der Waals surface area (Å²) in [6, 6.07) is 12.2. The van der Waals surface area contributed by atoms with Gasteiger partial charge in [0.25, 0.3) is 0 Å². The van der Waals surface area contributed by atoms with Gasteiger partial charge in [0.1, 0.15) is 5.82 Å². The first-order valence-electron chi connectivity index (χ1n) is 6.39. The fraction of sp³-hybridized carbons (Fsp3) is 0.200. The van der Waals surface area contributed by atoms with Gasteiger partial charge in [0.2, 0.25) is 10.0 Å². The molecule has 0 bridgehead atoms. The zero-order valence-corrected chi connectivity index (χ0v) is 13.8. The van der Waals surface area contributed by atoms with Crippen molar-refractivity contribution in [2.75, 3.05) is 0 Å². The maximum absolute atomic E-state index is 12.8. The van der Waals surface area contributed by atoms with Crippen molar-refractivity contribution >= 4 is 26.0 Å². The highest BCUT2D eigenvalue weighted by molar-refractivity contribution is 9.10. The molecule has 6 heteroatoms. The molecule has 1 atom stereocenters. The van der Waals surface area contributed by atoms with Crippen LogP contribution in [0.2, 0.25) is 0 Å². The molecule has 0 heterocycles. The molecule has 0 spiro atoms. The average molecular weight is 372 g/mol. The molecule has 2 rings (SSSR count). The van der Waals surface area contributed by atoms with E-state index in [1.54, 1.807) is 6.92 Å². The Morgan fingerprint density at radius 1 is 1.10 bits per heavy atom. The topological polar surface area (TPSA) is 46.2 Å². The Hall–Kier alpha value is -1.24. The van der Waals surface area contributed by atoms with Gasteiger partial charge in [-0.05, 0) is 55.3 Å². The van der Waals surface area contributed by atoms with E-state index in [1.807, 2.05) is 24.3 Å². The molecule has 0 aliphatic carbocycles. The molecule has 1 unspecified atom stereocenters.